The van der Waals surface area contributed by atoms with Gasteiger partial charge in [0.1, 0.15) is 5.78 Å². The van der Waals surface area contributed by atoms with Crippen molar-refractivity contribution in [2.75, 3.05) is 0 Å². The van der Waals surface area contributed by atoms with E-state index in [1.165, 1.54) is 38.5 Å². The summed E-state index contributed by atoms with van der Waals surface area (Å²) in [4.78, 5) is 12.0. The van der Waals surface area contributed by atoms with Crippen LogP contribution in [0.5, 0.6) is 0 Å². The van der Waals surface area contributed by atoms with Gasteiger partial charge < -0.3 is 0 Å². The van der Waals surface area contributed by atoms with Crippen molar-refractivity contribution < 1.29 is 4.79 Å². The summed E-state index contributed by atoms with van der Waals surface area (Å²) < 4.78 is 0. The van der Waals surface area contributed by atoms with Crippen LogP contribution in [0.3, 0.4) is 0 Å². The largest absolute Gasteiger partial charge is 0.299 e. The zero-order valence-corrected chi connectivity index (χ0v) is 9.32. The molecule has 0 aliphatic heterocycles. The van der Waals surface area contributed by atoms with Crippen molar-refractivity contribution in [2.24, 2.45) is 35.5 Å². The first kappa shape index (κ1) is 8.78. The maximum absolute atomic E-state index is 12.0. The smallest absolute Gasteiger partial charge is 0.136 e. The maximum atomic E-state index is 12.0. The Labute approximate surface area is 91.6 Å². The van der Waals surface area contributed by atoms with Crippen molar-refractivity contribution in [2.45, 2.75) is 44.9 Å². The maximum Gasteiger partial charge on any atom is 0.136 e. The molecule has 0 unspecified atom stereocenters. The minimum Gasteiger partial charge on any atom is -0.299 e. The van der Waals surface area contributed by atoms with Gasteiger partial charge in [-0.25, -0.2) is 0 Å². The zero-order valence-electron chi connectivity index (χ0n) is 9.32. The van der Waals surface area contributed by atoms with Crippen LogP contribution in [0.25, 0.3) is 0 Å². The summed E-state index contributed by atoms with van der Waals surface area (Å²) >= 11 is 0. The van der Waals surface area contributed by atoms with Crippen LogP contribution in [0.2, 0.25) is 0 Å². The monoisotopic (exact) mass is 204 g/mol. The third-order valence-electron chi connectivity index (χ3n) is 6.02. The number of Topliss-reactive ketones (excluding diaryl/α,β-unsaturated/α-hetero) is 1. The van der Waals surface area contributed by atoms with Crippen LogP contribution in [0, 0.1) is 35.5 Å². The molecule has 4 aliphatic rings. The molecule has 1 nitrogen and oxygen atoms in total. The van der Waals surface area contributed by atoms with E-state index in [0.717, 1.165) is 36.0 Å². The minimum absolute atomic E-state index is 0.531. The van der Waals surface area contributed by atoms with Gasteiger partial charge in [-0.15, -0.1) is 0 Å². The van der Waals surface area contributed by atoms with E-state index >= 15 is 0 Å². The Hall–Kier alpha value is -0.330. The highest BCUT2D eigenvalue weighted by molar-refractivity contribution is 5.84. The van der Waals surface area contributed by atoms with Crippen LogP contribution < -0.4 is 0 Å². The molecule has 4 rings (SSSR count). The fourth-order valence-electron chi connectivity index (χ4n) is 5.69. The number of hydrogen-bond donors (Lipinski definition) is 0. The zero-order chi connectivity index (χ0) is 9.99. The molecule has 4 fully saturated rings. The van der Waals surface area contributed by atoms with Crippen molar-refractivity contribution in [3.05, 3.63) is 0 Å². The first-order chi connectivity index (χ1) is 7.34. The Balaban J connectivity index is 1.68. The summed E-state index contributed by atoms with van der Waals surface area (Å²) in [6.45, 7) is 0. The van der Waals surface area contributed by atoms with E-state index in [4.69, 9.17) is 0 Å². The number of rotatable bonds is 0. The summed E-state index contributed by atoms with van der Waals surface area (Å²) in [5.41, 5.74) is 0. The summed E-state index contributed by atoms with van der Waals surface area (Å²) in [5, 5.41) is 0. The molecule has 15 heavy (non-hydrogen) atoms. The highest BCUT2D eigenvalue weighted by atomic mass is 16.1. The van der Waals surface area contributed by atoms with Crippen LogP contribution in [0.15, 0.2) is 0 Å². The number of carbonyl (C=O) groups excluding carboxylic acids is 1. The fraction of sp³-hybridized carbons (Fsp3) is 0.929. The lowest BCUT2D eigenvalue weighted by molar-refractivity contribution is -0.122. The predicted molar refractivity (Wildman–Crippen MR) is 58.3 cm³/mol. The van der Waals surface area contributed by atoms with Gasteiger partial charge in [0.2, 0.25) is 0 Å². The van der Waals surface area contributed by atoms with E-state index in [1.54, 1.807) is 0 Å². The Morgan fingerprint density at radius 2 is 1.80 bits per heavy atom. The molecule has 0 bridgehead atoms. The quantitative estimate of drug-likeness (QED) is 0.592. The third kappa shape index (κ3) is 1.02. The second-order valence-corrected chi connectivity index (χ2v) is 6.45. The van der Waals surface area contributed by atoms with Gasteiger partial charge in [0.05, 0.1) is 0 Å². The molecule has 1 heteroatoms. The number of ketones is 1. The SMILES string of the molecule is O=C1CC[C@H]2C[C@@H]3C[C@@H]4CCC[C@@H]4[C@@H]3[C@@H]12. The second-order valence-electron chi connectivity index (χ2n) is 6.45. The lowest BCUT2D eigenvalue weighted by Gasteiger charge is -2.23. The highest BCUT2D eigenvalue weighted by Gasteiger charge is 2.57. The lowest BCUT2D eigenvalue weighted by atomic mass is 9.80. The molecule has 0 saturated heterocycles. The summed E-state index contributed by atoms with van der Waals surface area (Å²) in [5.74, 6) is 5.77. The van der Waals surface area contributed by atoms with Gasteiger partial charge >= 0.3 is 0 Å². The van der Waals surface area contributed by atoms with Gasteiger partial charge in [0, 0.05) is 12.3 Å². The topological polar surface area (TPSA) is 17.1 Å². The Kier molecular flexibility index (Phi) is 1.68. The van der Waals surface area contributed by atoms with Crippen LogP contribution >= 0.6 is 0 Å². The number of hydrogen-bond acceptors (Lipinski definition) is 1. The average Bonchev–Trinajstić information content (AvgIpc) is 2.85. The van der Waals surface area contributed by atoms with E-state index < -0.39 is 0 Å². The van der Waals surface area contributed by atoms with Crippen molar-refractivity contribution in [1.29, 1.82) is 0 Å². The third-order valence-corrected chi connectivity index (χ3v) is 6.02. The van der Waals surface area contributed by atoms with Crippen molar-refractivity contribution in [1.82, 2.24) is 0 Å². The summed E-state index contributed by atoms with van der Waals surface area (Å²) in [6.07, 6.45) is 9.41. The molecule has 0 aromatic heterocycles. The van der Waals surface area contributed by atoms with Gasteiger partial charge in [-0.3, -0.25) is 4.79 Å². The van der Waals surface area contributed by atoms with Gasteiger partial charge in [-0.1, -0.05) is 12.8 Å². The predicted octanol–water partition coefficient (Wildman–Crippen LogP) is 3.04. The molecule has 0 N–H and O–H groups in total. The Bertz CT molecular complexity index is 308. The van der Waals surface area contributed by atoms with Gasteiger partial charge in [0.15, 0.2) is 0 Å². The van der Waals surface area contributed by atoms with Crippen molar-refractivity contribution >= 4 is 5.78 Å². The van der Waals surface area contributed by atoms with Crippen molar-refractivity contribution in [3.8, 4) is 0 Å². The van der Waals surface area contributed by atoms with E-state index in [-0.39, 0.29) is 0 Å². The van der Waals surface area contributed by atoms with E-state index in [9.17, 15) is 4.79 Å². The number of fused-ring (bicyclic) bond motifs is 5. The van der Waals surface area contributed by atoms with E-state index in [1.807, 2.05) is 0 Å². The molecule has 0 aromatic rings. The Morgan fingerprint density at radius 3 is 2.73 bits per heavy atom. The van der Waals surface area contributed by atoms with Crippen LogP contribution in [0.4, 0.5) is 0 Å². The molecule has 6 atom stereocenters. The standard InChI is InChI=1S/C14H20O/c15-12-5-4-9-7-10-6-8-2-1-3-11(8)13(10)14(9)12/h8-11,13-14H,1-7H2/t8-,9-,10-,11-,13+,14+/m0/s1. The second kappa shape index (κ2) is 2.87. The fourth-order valence-corrected chi connectivity index (χ4v) is 5.69. The molecule has 0 radical (unpaired) electrons. The van der Waals surface area contributed by atoms with Gasteiger partial charge in [-0.05, 0) is 55.3 Å². The first-order valence-electron chi connectivity index (χ1n) is 6.87. The molecule has 4 saturated carbocycles. The van der Waals surface area contributed by atoms with Crippen LogP contribution in [-0.4, -0.2) is 5.78 Å². The normalized spacial score (nSPS) is 56.9. The van der Waals surface area contributed by atoms with Crippen LogP contribution in [-0.2, 0) is 4.79 Å². The molecule has 82 valence electrons. The molecule has 0 amide bonds. The molecule has 0 spiro atoms. The first-order valence-corrected chi connectivity index (χ1v) is 6.87. The van der Waals surface area contributed by atoms with E-state index in [2.05, 4.69) is 0 Å². The average molecular weight is 204 g/mol. The molecule has 0 aromatic carbocycles. The van der Waals surface area contributed by atoms with Crippen molar-refractivity contribution in [3.63, 3.8) is 0 Å². The van der Waals surface area contributed by atoms with E-state index in [0.29, 0.717) is 11.7 Å². The van der Waals surface area contributed by atoms with Gasteiger partial charge in [-0.2, -0.15) is 0 Å². The Morgan fingerprint density at radius 1 is 0.933 bits per heavy atom. The highest BCUT2D eigenvalue weighted by Crippen LogP contribution is 2.62. The minimum atomic E-state index is 0.531. The van der Waals surface area contributed by atoms with Crippen LogP contribution in [0.1, 0.15) is 44.9 Å². The lowest BCUT2D eigenvalue weighted by Crippen LogP contribution is -2.24. The summed E-state index contributed by atoms with van der Waals surface area (Å²) in [6, 6.07) is 0. The summed E-state index contributed by atoms with van der Waals surface area (Å²) in [7, 11) is 0. The molecular formula is C14H20O. The molecule has 0 heterocycles. The molecule has 4 aliphatic carbocycles. The number of carbonyl (C=O) groups is 1. The van der Waals surface area contributed by atoms with Gasteiger partial charge in [0.25, 0.3) is 0 Å². The molecular weight excluding hydrogens is 184 g/mol.